The monoisotopic (exact) mass is 294 g/mol. The van der Waals surface area contributed by atoms with Gasteiger partial charge >= 0.3 is 0 Å². The molecule has 2 rings (SSSR count). The topological polar surface area (TPSA) is 59.8 Å². The molecule has 6 heteroatoms. The summed E-state index contributed by atoms with van der Waals surface area (Å²) in [6.07, 6.45) is 3.32. The zero-order valence-electron chi connectivity index (χ0n) is 9.22. The predicted octanol–water partition coefficient (Wildman–Crippen LogP) is 1.51. The fraction of sp³-hybridized carbons (Fsp3) is 0.182. The number of carbonyl (C=O) groups is 1. The van der Waals surface area contributed by atoms with Crippen LogP contribution in [0.1, 0.15) is 16.1 Å². The maximum absolute atomic E-state index is 11.9. The van der Waals surface area contributed by atoms with Crippen molar-refractivity contribution < 1.29 is 4.79 Å². The first-order chi connectivity index (χ1) is 8.18. The highest BCUT2D eigenvalue weighted by molar-refractivity contribution is 9.10. The molecule has 2 heterocycles. The lowest BCUT2D eigenvalue weighted by Gasteiger charge is -2.06. The van der Waals surface area contributed by atoms with Crippen LogP contribution in [0.4, 0.5) is 0 Å². The second-order valence-electron chi connectivity index (χ2n) is 3.47. The molecule has 0 fully saturated rings. The number of hydrogen-bond acceptors (Lipinski definition) is 3. The molecule has 88 valence electrons. The minimum Gasteiger partial charge on any atom is -0.346 e. The van der Waals surface area contributed by atoms with Gasteiger partial charge in [-0.3, -0.25) is 9.48 Å². The molecule has 5 nitrogen and oxygen atoms in total. The Hall–Kier alpha value is -1.69. The number of nitrogens with zero attached hydrogens (tertiary/aromatic N) is 3. The van der Waals surface area contributed by atoms with Gasteiger partial charge in [-0.2, -0.15) is 5.10 Å². The Morgan fingerprint density at radius 3 is 2.94 bits per heavy atom. The average Bonchev–Trinajstić information content (AvgIpc) is 2.72. The van der Waals surface area contributed by atoms with Crippen LogP contribution in [0.3, 0.4) is 0 Å². The number of nitrogens with one attached hydrogen (secondary N) is 1. The Morgan fingerprint density at radius 1 is 1.47 bits per heavy atom. The van der Waals surface area contributed by atoms with Gasteiger partial charge in [0.05, 0.1) is 17.8 Å². The molecule has 0 spiro atoms. The summed E-state index contributed by atoms with van der Waals surface area (Å²) in [4.78, 5) is 15.9. The number of hydrogen-bond donors (Lipinski definition) is 1. The van der Waals surface area contributed by atoms with Gasteiger partial charge in [0, 0.05) is 19.4 Å². The minimum atomic E-state index is -0.161. The van der Waals surface area contributed by atoms with Crippen LogP contribution >= 0.6 is 15.9 Å². The van der Waals surface area contributed by atoms with Gasteiger partial charge in [0.2, 0.25) is 0 Å². The molecule has 0 radical (unpaired) electrons. The molecule has 0 unspecified atom stereocenters. The van der Waals surface area contributed by atoms with Crippen LogP contribution in [0, 0.1) is 0 Å². The van der Waals surface area contributed by atoms with E-state index >= 15 is 0 Å². The van der Waals surface area contributed by atoms with E-state index in [0.29, 0.717) is 16.7 Å². The number of carbonyl (C=O) groups excluding carboxylic acids is 1. The summed E-state index contributed by atoms with van der Waals surface area (Å²) in [6.45, 7) is 0.441. The van der Waals surface area contributed by atoms with Crippen LogP contribution in [0.25, 0.3) is 0 Å². The molecule has 0 bridgehead atoms. The van der Waals surface area contributed by atoms with E-state index in [2.05, 4.69) is 31.3 Å². The summed E-state index contributed by atoms with van der Waals surface area (Å²) in [6, 6.07) is 5.30. The highest BCUT2D eigenvalue weighted by Crippen LogP contribution is 2.12. The first-order valence-corrected chi connectivity index (χ1v) is 5.83. The fourth-order valence-electron chi connectivity index (χ4n) is 1.40. The van der Waals surface area contributed by atoms with Crippen LogP contribution in [-0.2, 0) is 13.6 Å². The van der Waals surface area contributed by atoms with Crippen molar-refractivity contribution in [2.24, 2.45) is 7.05 Å². The molecule has 0 aliphatic carbocycles. The molecule has 0 aromatic carbocycles. The minimum absolute atomic E-state index is 0.161. The summed E-state index contributed by atoms with van der Waals surface area (Å²) in [5, 5.41) is 6.84. The Bertz CT molecular complexity index is 538. The number of halogens is 1. The Balaban J connectivity index is 2.04. The number of aromatic nitrogens is 3. The summed E-state index contributed by atoms with van der Waals surface area (Å²) in [5.41, 5.74) is 1.47. The van der Waals surface area contributed by atoms with E-state index < -0.39 is 0 Å². The van der Waals surface area contributed by atoms with Crippen LogP contribution in [0.15, 0.2) is 35.2 Å². The third-order valence-electron chi connectivity index (χ3n) is 2.36. The number of amides is 1. The molecular weight excluding hydrogens is 284 g/mol. The molecule has 0 saturated carbocycles. The SMILES string of the molecule is Cn1nccc1CNC(=O)c1cccnc1Br. The smallest absolute Gasteiger partial charge is 0.254 e. The van der Waals surface area contributed by atoms with Gasteiger partial charge in [0.15, 0.2) is 0 Å². The van der Waals surface area contributed by atoms with Crippen LogP contribution in [0.2, 0.25) is 0 Å². The van der Waals surface area contributed by atoms with Crippen molar-refractivity contribution in [3.63, 3.8) is 0 Å². The van der Waals surface area contributed by atoms with E-state index in [0.717, 1.165) is 5.69 Å². The molecule has 17 heavy (non-hydrogen) atoms. The van der Waals surface area contributed by atoms with Gasteiger partial charge in [-0.05, 0) is 34.1 Å². The molecule has 0 aliphatic rings. The predicted molar refractivity (Wildman–Crippen MR) is 66.3 cm³/mol. The molecule has 1 amide bonds. The standard InChI is InChI=1S/C11H11BrN4O/c1-16-8(4-6-15-16)7-14-11(17)9-3-2-5-13-10(9)12/h2-6H,7H2,1H3,(H,14,17). The van der Waals surface area contributed by atoms with E-state index in [9.17, 15) is 4.79 Å². The molecular formula is C11H11BrN4O. The highest BCUT2D eigenvalue weighted by atomic mass is 79.9. The van der Waals surface area contributed by atoms with Gasteiger partial charge in [-0.25, -0.2) is 4.98 Å². The third-order valence-corrected chi connectivity index (χ3v) is 2.99. The third kappa shape index (κ3) is 2.71. The molecule has 0 atom stereocenters. The average molecular weight is 295 g/mol. The van der Waals surface area contributed by atoms with Crippen molar-refractivity contribution in [1.82, 2.24) is 20.1 Å². The van der Waals surface area contributed by atoms with Gasteiger partial charge in [-0.1, -0.05) is 0 Å². The summed E-state index contributed by atoms with van der Waals surface area (Å²) < 4.78 is 2.26. The molecule has 0 saturated heterocycles. The van der Waals surface area contributed by atoms with E-state index in [4.69, 9.17) is 0 Å². The fourth-order valence-corrected chi connectivity index (χ4v) is 1.83. The first-order valence-electron chi connectivity index (χ1n) is 5.04. The summed E-state index contributed by atoms with van der Waals surface area (Å²) >= 11 is 3.24. The number of aryl methyl sites for hydroxylation is 1. The highest BCUT2D eigenvalue weighted by Gasteiger charge is 2.10. The zero-order valence-corrected chi connectivity index (χ0v) is 10.8. The molecule has 1 N–H and O–H groups in total. The summed E-state index contributed by atoms with van der Waals surface area (Å²) in [5.74, 6) is -0.161. The first kappa shape index (κ1) is 11.8. The van der Waals surface area contributed by atoms with Crippen molar-refractivity contribution in [2.75, 3.05) is 0 Å². The Labute approximate surface area is 107 Å². The van der Waals surface area contributed by atoms with E-state index in [1.165, 1.54) is 0 Å². The normalized spacial score (nSPS) is 10.2. The molecule has 2 aromatic rings. The van der Waals surface area contributed by atoms with Crippen molar-refractivity contribution in [2.45, 2.75) is 6.54 Å². The van der Waals surface area contributed by atoms with Crippen LogP contribution in [0.5, 0.6) is 0 Å². The maximum atomic E-state index is 11.9. The summed E-state index contributed by atoms with van der Waals surface area (Å²) in [7, 11) is 1.83. The quantitative estimate of drug-likeness (QED) is 0.873. The second kappa shape index (κ2) is 5.09. The van der Waals surface area contributed by atoms with Crippen molar-refractivity contribution in [3.8, 4) is 0 Å². The number of pyridine rings is 1. The lowest BCUT2D eigenvalue weighted by atomic mass is 10.2. The molecule has 0 aliphatic heterocycles. The lowest BCUT2D eigenvalue weighted by molar-refractivity contribution is 0.0949. The van der Waals surface area contributed by atoms with Crippen LogP contribution < -0.4 is 5.32 Å². The van der Waals surface area contributed by atoms with E-state index in [1.54, 1.807) is 29.2 Å². The van der Waals surface area contributed by atoms with E-state index in [-0.39, 0.29) is 5.91 Å². The number of rotatable bonds is 3. The van der Waals surface area contributed by atoms with E-state index in [1.807, 2.05) is 13.1 Å². The van der Waals surface area contributed by atoms with Crippen molar-refractivity contribution >= 4 is 21.8 Å². The second-order valence-corrected chi connectivity index (χ2v) is 4.22. The zero-order chi connectivity index (χ0) is 12.3. The van der Waals surface area contributed by atoms with Gasteiger partial charge in [-0.15, -0.1) is 0 Å². The van der Waals surface area contributed by atoms with Crippen LogP contribution in [-0.4, -0.2) is 20.7 Å². The van der Waals surface area contributed by atoms with Gasteiger partial charge < -0.3 is 5.32 Å². The maximum Gasteiger partial charge on any atom is 0.254 e. The lowest BCUT2D eigenvalue weighted by Crippen LogP contribution is -2.24. The van der Waals surface area contributed by atoms with Crippen molar-refractivity contribution in [3.05, 3.63) is 46.5 Å². The Morgan fingerprint density at radius 2 is 2.29 bits per heavy atom. The van der Waals surface area contributed by atoms with Gasteiger partial charge in [0.1, 0.15) is 4.60 Å². The largest absolute Gasteiger partial charge is 0.346 e. The van der Waals surface area contributed by atoms with Gasteiger partial charge in [0.25, 0.3) is 5.91 Å². The molecule has 2 aromatic heterocycles. The Kier molecular flexibility index (Phi) is 3.53. The van der Waals surface area contributed by atoms with Crippen molar-refractivity contribution in [1.29, 1.82) is 0 Å².